The Morgan fingerprint density at radius 3 is 2.76 bits per heavy atom. The number of carbonyl (C=O) groups is 1. The molecule has 1 atom stereocenters. The van der Waals surface area contributed by atoms with Crippen LogP contribution in [0.4, 0.5) is 10.1 Å². The van der Waals surface area contributed by atoms with E-state index in [1.165, 1.54) is 11.0 Å². The standard InChI is InChI=1S/C20H16FN3O/c1-2-11-23-18-10-6-4-8-16(18)22-20(23)14-12-19(25)24(13-14)17-9-5-3-7-15(17)21/h1,3-10,14H,11-13H2/t14-/m0/s1. The number of fused-ring (bicyclic) bond motifs is 1. The Hall–Kier alpha value is -3.13. The van der Waals surface area contributed by atoms with Crippen molar-refractivity contribution in [2.45, 2.75) is 18.9 Å². The number of halogens is 1. The second-order valence-corrected chi connectivity index (χ2v) is 6.11. The Balaban J connectivity index is 1.73. The third-order valence-corrected chi connectivity index (χ3v) is 4.57. The summed E-state index contributed by atoms with van der Waals surface area (Å²) in [6, 6.07) is 14.1. The maximum absolute atomic E-state index is 14.1. The first-order chi connectivity index (χ1) is 12.2. The highest BCUT2D eigenvalue weighted by Gasteiger charge is 2.35. The normalized spacial score (nSPS) is 17.2. The average Bonchev–Trinajstić information content (AvgIpc) is 3.17. The average molecular weight is 333 g/mol. The number of hydrogen-bond acceptors (Lipinski definition) is 2. The first-order valence-corrected chi connectivity index (χ1v) is 8.12. The van der Waals surface area contributed by atoms with E-state index in [4.69, 9.17) is 11.4 Å². The summed E-state index contributed by atoms with van der Waals surface area (Å²) in [6.45, 7) is 0.786. The molecule has 0 aliphatic carbocycles. The molecule has 2 aromatic carbocycles. The summed E-state index contributed by atoms with van der Waals surface area (Å²) < 4.78 is 16.0. The molecule has 0 unspecified atom stereocenters. The van der Waals surface area contributed by atoms with Crippen LogP contribution in [0.1, 0.15) is 18.2 Å². The van der Waals surface area contributed by atoms with Gasteiger partial charge in [-0.15, -0.1) is 6.42 Å². The van der Waals surface area contributed by atoms with E-state index in [2.05, 4.69) is 5.92 Å². The fourth-order valence-corrected chi connectivity index (χ4v) is 3.45. The molecular formula is C20H16FN3O. The smallest absolute Gasteiger partial charge is 0.227 e. The second-order valence-electron chi connectivity index (χ2n) is 6.11. The Kier molecular flexibility index (Phi) is 3.73. The number of terminal acetylenes is 1. The van der Waals surface area contributed by atoms with Gasteiger partial charge in [0.05, 0.1) is 23.3 Å². The van der Waals surface area contributed by atoms with Gasteiger partial charge >= 0.3 is 0 Å². The van der Waals surface area contributed by atoms with Gasteiger partial charge in [0.25, 0.3) is 0 Å². The lowest BCUT2D eigenvalue weighted by Crippen LogP contribution is -2.25. The molecule has 0 radical (unpaired) electrons. The quantitative estimate of drug-likeness (QED) is 0.690. The van der Waals surface area contributed by atoms with Crippen molar-refractivity contribution in [3.8, 4) is 12.3 Å². The van der Waals surface area contributed by atoms with E-state index in [-0.39, 0.29) is 11.8 Å². The summed E-state index contributed by atoms with van der Waals surface area (Å²) in [4.78, 5) is 18.7. The number of carbonyl (C=O) groups excluding carboxylic acids is 1. The minimum Gasteiger partial charge on any atom is -0.316 e. The van der Waals surface area contributed by atoms with E-state index in [0.717, 1.165) is 16.9 Å². The molecule has 1 aliphatic rings. The highest BCUT2D eigenvalue weighted by molar-refractivity contribution is 5.96. The molecule has 1 amide bonds. The Morgan fingerprint density at radius 2 is 1.96 bits per heavy atom. The number of aromatic nitrogens is 2. The number of hydrogen-bond donors (Lipinski definition) is 0. The van der Waals surface area contributed by atoms with Crippen LogP contribution in [0.25, 0.3) is 11.0 Å². The van der Waals surface area contributed by atoms with Crippen molar-refractivity contribution in [3.05, 3.63) is 60.2 Å². The second kappa shape index (κ2) is 6.06. The third-order valence-electron chi connectivity index (χ3n) is 4.57. The van der Waals surface area contributed by atoms with Gasteiger partial charge in [-0.25, -0.2) is 9.37 Å². The molecule has 1 fully saturated rings. The van der Waals surface area contributed by atoms with Crippen LogP contribution in [0.2, 0.25) is 0 Å². The number of amides is 1. The van der Waals surface area contributed by atoms with Crippen LogP contribution in [0.15, 0.2) is 48.5 Å². The molecule has 25 heavy (non-hydrogen) atoms. The molecule has 1 aromatic heterocycles. The molecule has 4 rings (SSSR count). The monoisotopic (exact) mass is 333 g/mol. The van der Waals surface area contributed by atoms with Crippen LogP contribution in [0.5, 0.6) is 0 Å². The SMILES string of the molecule is C#CCn1c([C@H]2CC(=O)N(c3ccccc3F)C2)nc2ccccc21. The lowest BCUT2D eigenvalue weighted by atomic mass is 10.1. The zero-order valence-corrected chi connectivity index (χ0v) is 13.5. The van der Waals surface area contributed by atoms with Gasteiger partial charge < -0.3 is 9.47 Å². The van der Waals surface area contributed by atoms with Crippen molar-refractivity contribution in [3.63, 3.8) is 0 Å². The van der Waals surface area contributed by atoms with Crippen molar-refractivity contribution in [1.29, 1.82) is 0 Å². The van der Waals surface area contributed by atoms with Crippen molar-refractivity contribution in [2.75, 3.05) is 11.4 Å². The van der Waals surface area contributed by atoms with Crippen molar-refractivity contribution >= 4 is 22.6 Å². The number of nitrogens with zero attached hydrogens (tertiary/aromatic N) is 3. The van der Waals surface area contributed by atoms with Gasteiger partial charge in [0.1, 0.15) is 11.6 Å². The molecule has 0 bridgehead atoms. The largest absolute Gasteiger partial charge is 0.316 e. The van der Waals surface area contributed by atoms with Gasteiger partial charge in [-0.3, -0.25) is 4.79 Å². The van der Waals surface area contributed by atoms with E-state index in [1.54, 1.807) is 18.2 Å². The van der Waals surface area contributed by atoms with Crippen LogP contribution >= 0.6 is 0 Å². The van der Waals surface area contributed by atoms with Gasteiger partial charge in [-0.2, -0.15) is 0 Å². The molecule has 124 valence electrons. The predicted octanol–water partition coefficient (Wildman–Crippen LogP) is 3.33. The maximum Gasteiger partial charge on any atom is 0.227 e. The summed E-state index contributed by atoms with van der Waals surface area (Å²) in [5, 5.41) is 0. The van der Waals surface area contributed by atoms with Gasteiger partial charge in [0.2, 0.25) is 5.91 Å². The first-order valence-electron chi connectivity index (χ1n) is 8.12. The van der Waals surface area contributed by atoms with Crippen LogP contribution < -0.4 is 4.90 Å². The molecule has 0 spiro atoms. The molecule has 1 aliphatic heterocycles. The minimum absolute atomic E-state index is 0.102. The van der Waals surface area contributed by atoms with Crippen molar-refractivity contribution < 1.29 is 9.18 Å². The lowest BCUT2D eigenvalue weighted by Gasteiger charge is -2.17. The molecular weight excluding hydrogens is 317 g/mol. The van der Waals surface area contributed by atoms with Crippen LogP contribution in [-0.2, 0) is 11.3 Å². The minimum atomic E-state index is -0.395. The fraction of sp³-hybridized carbons (Fsp3) is 0.200. The zero-order chi connectivity index (χ0) is 17.4. The van der Waals surface area contributed by atoms with E-state index < -0.39 is 5.82 Å². The van der Waals surface area contributed by atoms with Crippen molar-refractivity contribution in [2.24, 2.45) is 0 Å². The van der Waals surface area contributed by atoms with Crippen LogP contribution in [0.3, 0.4) is 0 Å². The molecule has 4 nitrogen and oxygen atoms in total. The third kappa shape index (κ3) is 2.56. The van der Waals surface area contributed by atoms with Gasteiger partial charge in [-0.05, 0) is 24.3 Å². The summed E-state index contributed by atoms with van der Waals surface area (Å²) in [5.41, 5.74) is 2.12. The Labute approximate surface area is 144 Å². The van der Waals surface area contributed by atoms with Gasteiger partial charge in [0, 0.05) is 18.9 Å². The van der Waals surface area contributed by atoms with Gasteiger partial charge in [0.15, 0.2) is 0 Å². The van der Waals surface area contributed by atoms with Crippen LogP contribution in [-0.4, -0.2) is 22.0 Å². The summed E-state index contributed by atoms with van der Waals surface area (Å²) >= 11 is 0. The van der Waals surface area contributed by atoms with Crippen molar-refractivity contribution in [1.82, 2.24) is 9.55 Å². The summed E-state index contributed by atoms with van der Waals surface area (Å²) in [6.07, 6.45) is 5.81. The Morgan fingerprint density at radius 1 is 1.20 bits per heavy atom. The van der Waals surface area contributed by atoms with E-state index in [1.807, 2.05) is 28.8 Å². The summed E-state index contributed by atoms with van der Waals surface area (Å²) in [5.74, 6) is 2.82. The van der Waals surface area contributed by atoms with Gasteiger partial charge in [-0.1, -0.05) is 30.2 Å². The number of rotatable bonds is 3. The molecule has 0 saturated carbocycles. The van der Waals surface area contributed by atoms with E-state index in [9.17, 15) is 9.18 Å². The maximum atomic E-state index is 14.1. The first kappa shape index (κ1) is 15.4. The van der Waals surface area contributed by atoms with E-state index >= 15 is 0 Å². The molecule has 5 heteroatoms. The number of benzene rings is 2. The number of imidazole rings is 1. The molecule has 1 saturated heterocycles. The summed E-state index contributed by atoms with van der Waals surface area (Å²) in [7, 11) is 0. The van der Waals surface area contributed by atoms with E-state index in [0.29, 0.717) is 25.2 Å². The number of para-hydroxylation sites is 3. The Bertz CT molecular complexity index is 1000. The molecule has 3 aromatic rings. The number of anilines is 1. The highest BCUT2D eigenvalue weighted by Crippen LogP contribution is 2.34. The topological polar surface area (TPSA) is 38.1 Å². The van der Waals surface area contributed by atoms with Crippen LogP contribution in [0, 0.1) is 18.2 Å². The zero-order valence-electron chi connectivity index (χ0n) is 13.5. The molecule has 0 N–H and O–H groups in total. The highest BCUT2D eigenvalue weighted by atomic mass is 19.1. The predicted molar refractivity (Wildman–Crippen MR) is 94.7 cm³/mol. The lowest BCUT2D eigenvalue weighted by molar-refractivity contribution is -0.117. The fourth-order valence-electron chi connectivity index (χ4n) is 3.45. The molecule has 2 heterocycles.